The second-order valence-corrected chi connectivity index (χ2v) is 5.03. The fourth-order valence-electron chi connectivity index (χ4n) is 1.23. The number of halogens is 1. The molecule has 0 bridgehead atoms. The van der Waals surface area contributed by atoms with Crippen molar-refractivity contribution >= 4 is 17.6 Å². The van der Waals surface area contributed by atoms with E-state index < -0.39 is 10.8 Å². The van der Waals surface area contributed by atoms with Crippen molar-refractivity contribution in [2.24, 2.45) is 0 Å². The molecule has 1 saturated heterocycles. The van der Waals surface area contributed by atoms with Crippen molar-refractivity contribution in [3.63, 3.8) is 0 Å². The minimum atomic E-state index is -0.586. The molecule has 0 N–H and O–H groups in total. The quantitative estimate of drug-likeness (QED) is 0.602. The van der Waals surface area contributed by atoms with E-state index in [1.54, 1.807) is 38.1 Å². The Balaban J connectivity index is 1.92. The van der Waals surface area contributed by atoms with Gasteiger partial charge in [-0.15, -0.1) is 11.6 Å². The Morgan fingerprint density at radius 1 is 1.44 bits per heavy atom. The molecule has 86 valence electrons. The van der Waals surface area contributed by atoms with Crippen LogP contribution in [-0.2, 0) is 9.68 Å². The predicted octanol–water partition coefficient (Wildman–Crippen LogP) is 2.35. The van der Waals surface area contributed by atoms with Crippen molar-refractivity contribution < 1.29 is 14.5 Å². The van der Waals surface area contributed by atoms with Crippen molar-refractivity contribution in [2.45, 2.75) is 24.9 Å². The van der Waals surface area contributed by atoms with E-state index >= 15 is 0 Å². The van der Waals surface area contributed by atoms with Crippen molar-refractivity contribution in [3.05, 3.63) is 35.9 Å². The molecule has 1 heterocycles. The first-order valence-electron chi connectivity index (χ1n) is 4.91. The minimum absolute atomic E-state index is 0.387. The zero-order valence-electron chi connectivity index (χ0n) is 9.01. The van der Waals surface area contributed by atoms with Gasteiger partial charge >= 0.3 is 5.97 Å². The van der Waals surface area contributed by atoms with Gasteiger partial charge in [0.05, 0.1) is 10.4 Å². The zero-order chi connectivity index (χ0) is 11.8. The van der Waals surface area contributed by atoms with Crippen molar-refractivity contribution in [2.75, 3.05) is 0 Å². The maximum atomic E-state index is 11.6. The highest BCUT2D eigenvalue weighted by molar-refractivity contribution is 6.23. The van der Waals surface area contributed by atoms with Gasteiger partial charge in [0.15, 0.2) is 0 Å². The van der Waals surface area contributed by atoms with Gasteiger partial charge in [0.25, 0.3) is 0 Å². The van der Waals surface area contributed by atoms with Gasteiger partial charge in [0.1, 0.15) is 0 Å². The number of benzene rings is 1. The van der Waals surface area contributed by atoms with E-state index in [0.717, 1.165) is 5.23 Å². The topological polar surface area (TPSA) is 41.8 Å². The maximum Gasteiger partial charge on any atom is 0.359 e. The summed E-state index contributed by atoms with van der Waals surface area (Å²) in [4.78, 5) is 21.0. The fourth-order valence-corrected chi connectivity index (χ4v) is 1.34. The normalized spacial score (nSPS) is 23.9. The van der Waals surface area contributed by atoms with E-state index in [9.17, 15) is 4.79 Å². The van der Waals surface area contributed by atoms with Gasteiger partial charge in [0.2, 0.25) is 6.23 Å². The molecule has 5 heteroatoms. The summed E-state index contributed by atoms with van der Waals surface area (Å²) in [6, 6.07) is 8.71. The number of carbonyl (C=O) groups excluding carboxylic acids is 1. The molecule has 0 aliphatic carbocycles. The van der Waals surface area contributed by atoms with Crippen LogP contribution in [0.1, 0.15) is 24.2 Å². The van der Waals surface area contributed by atoms with Crippen LogP contribution >= 0.6 is 11.6 Å². The molecule has 2 unspecified atom stereocenters. The molecule has 2 rings (SSSR count). The Morgan fingerprint density at radius 2 is 2.06 bits per heavy atom. The lowest BCUT2D eigenvalue weighted by molar-refractivity contribution is -0.117. The molecular weight excluding hydrogens is 230 g/mol. The number of rotatable bonds is 3. The highest BCUT2D eigenvalue weighted by Crippen LogP contribution is 2.35. The summed E-state index contributed by atoms with van der Waals surface area (Å²) in [6.45, 7) is 3.57. The van der Waals surface area contributed by atoms with Crippen molar-refractivity contribution in [1.82, 2.24) is 5.23 Å². The average Bonchev–Trinajstić information content (AvgIpc) is 2.98. The van der Waals surface area contributed by atoms with Gasteiger partial charge in [-0.1, -0.05) is 18.2 Å². The molecule has 0 spiro atoms. The van der Waals surface area contributed by atoms with Crippen LogP contribution in [0.3, 0.4) is 0 Å². The van der Waals surface area contributed by atoms with Crippen LogP contribution < -0.4 is 0 Å². The summed E-state index contributed by atoms with van der Waals surface area (Å²) in [7, 11) is 0. The molecule has 0 amide bonds. The first-order chi connectivity index (χ1) is 7.48. The third kappa shape index (κ3) is 2.52. The van der Waals surface area contributed by atoms with Crippen LogP contribution in [0.4, 0.5) is 0 Å². The Bertz CT molecular complexity index is 388. The highest BCUT2D eigenvalue weighted by Gasteiger charge is 2.51. The first-order valence-corrected chi connectivity index (χ1v) is 5.28. The van der Waals surface area contributed by atoms with E-state index in [4.69, 9.17) is 21.3 Å². The van der Waals surface area contributed by atoms with Crippen molar-refractivity contribution in [3.8, 4) is 0 Å². The molecule has 0 saturated carbocycles. The lowest BCUT2D eigenvalue weighted by atomic mass is 10.2. The Kier molecular flexibility index (Phi) is 2.88. The molecular formula is C11H12ClNO3. The second kappa shape index (κ2) is 4.05. The summed E-state index contributed by atoms with van der Waals surface area (Å²) in [5, 5.41) is 1.11. The molecule has 1 aromatic rings. The highest BCUT2D eigenvalue weighted by atomic mass is 35.5. The standard InChI is InChI=1S/C11H12ClNO3/c1-11(2,12)10-13(16-10)15-9(14)8-6-4-3-5-7-8/h3-7,10H,1-2H3. The molecule has 1 aliphatic heterocycles. The van der Waals surface area contributed by atoms with Gasteiger partial charge in [-0.05, 0) is 26.0 Å². The molecule has 1 aromatic carbocycles. The van der Waals surface area contributed by atoms with Crippen molar-refractivity contribution in [1.29, 1.82) is 0 Å². The molecule has 2 atom stereocenters. The maximum absolute atomic E-state index is 11.6. The number of hydrogen-bond donors (Lipinski definition) is 0. The van der Waals surface area contributed by atoms with Crippen LogP contribution in [0.2, 0.25) is 0 Å². The van der Waals surface area contributed by atoms with Crippen LogP contribution in [0.15, 0.2) is 30.3 Å². The zero-order valence-corrected chi connectivity index (χ0v) is 9.77. The summed E-state index contributed by atoms with van der Waals surface area (Å²) < 4.78 is 0. The molecule has 1 fully saturated rings. The summed E-state index contributed by atoms with van der Waals surface area (Å²) in [5.74, 6) is -0.455. The molecule has 0 aromatic heterocycles. The molecule has 16 heavy (non-hydrogen) atoms. The first kappa shape index (κ1) is 11.4. The van der Waals surface area contributed by atoms with E-state index in [-0.39, 0.29) is 6.23 Å². The lowest BCUT2D eigenvalue weighted by Crippen LogP contribution is -2.24. The third-order valence-electron chi connectivity index (χ3n) is 2.12. The van der Waals surface area contributed by atoms with Gasteiger partial charge in [0, 0.05) is 5.23 Å². The monoisotopic (exact) mass is 241 g/mol. The predicted molar refractivity (Wildman–Crippen MR) is 58.5 cm³/mol. The van der Waals surface area contributed by atoms with Gasteiger partial charge in [-0.2, -0.15) is 0 Å². The number of nitrogens with zero attached hydrogens (tertiary/aromatic N) is 1. The average molecular weight is 242 g/mol. The van der Waals surface area contributed by atoms with E-state index in [0.29, 0.717) is 5.56 Å². The van der Waals surface area contributed by atoms with Gasteiger partial charge in [-0.3, -0.25) is 0 Å². The van der Waals surface area contributed by atoms with Crippen LogP contribution in [0, 0.1) is 0 Å². The lowest BCUT2D eigenvalue weighted by Gasteiger charge is -2.09. The molecule has 1 aliphatic rings. The van der Waals surface area contributed by atoms with E-state index in [2.05, 4.69) is 0 Å². The smallest absolute Gasteiger partial charge is 0.335 e. The molecule has 0 radical (unpaired) electrons. The fraction of sp³-hybridized carbons (Fsp3) is 0.364. The Morgan fingerprint density at radius 3 is 2.56 bits per heavy atom. The van der Waals surface area contributed by atoms with E-state index in [1.165, 1.54) is 0 Å². The summed E-state index contributed by atoms with van der Waals surface area (Å²) in [6.07, 6.45) is -0.387. The number of hydrogen-bond acceptors (Lipinski definition) is 4. The third-order valence-corrected chi connectivity index (χ3v) is 2.31. The summed E-state index contributed by atoms with van der Waals surface area (Å²) >= 11 is 6.00. The van der Waals surface area contributed by atoms with E-state index in [1.807, 2.05) is 6.07 Å². The van der Waals surface area contributed by atoms with Gasteiger partial charge in [-0.25, -0.2) is 9.63 Å². The Hall–Kier alpha value is -1.10. The van der Waals surface area contributed by atoms with Crippen LogP contribution in [0.5, 0.6) is 0 Å². The van der Waals surface area contributed by atoms with Crippen LogP contribution in [0.25, 0.3) is 0 Å². The number of hydroxylamine groups is 2. The number of alkyl halides is 1. The Labute approximate surface area is 98.6 Å². The SMILES string of the molecule is CC(C)(Cl)C1ON1OC(=O)c1ccccc1. The summed E-state index contributed by atoms with van der Waals surface area (Å²) in [5.41, 5.74) is 0.476. The second-order valence-electron chi connectivity index (χ2n) is 4.05. The minimum Gasteiger partial charge on any atom is -0.335 e. The largest absolute Gasteiger partial charge is 0.359 e. The number of carbonyl (C=O) groups is 1. The molecule has 4 nitrogen and oxygen atoms in total. The van der Waals surface area contributed by atoms with Crippen LogP contribution in [-0.4, -0.2) is 22.3 Å². The van der Waals surface area contributed by atoms with Gasteiger partial charge < -0.3 is 4.84 Å².